The van der Waals surface area contributed by atoms with E-state index in [1.807, 2.05) is 33.0 Å². The van der Waals surface area contributed by atoms with Gasteiger partial charge in [-0.2, -0.15) is 4.31 Å². The average Bonchev–Trinajstić information content (AvgIpc) is 2.46. The lowest BCUT2D eigenvalue weighted by atomic mass is 10.1. The summed E-state index contributed by atoms with van der Waals surface area (Å²) in [6.45, 7) is 9.70. The Hall–Kier alpha value is -0.910. The second kappa shape index (κ2) is 7.92. The van der Waals surface area contributed by atoms with E-state index in [-0.39, 0.29) is 0 Å². The van der Waals surface area contributed by atoms with Gasteiger partial charge < -0.3 is 5.32 Å². The van der Waals surface area contributed by atoms with E-state index in [1.54, 1.807) is 10.4 Å². The first-order valence-electron chi connectivity index (χ1n) is 7.61. The molecule has 1 rings (SSSR count). The molecule has 1 aromatic carbocycles. The largest absolute Gasteiger partial charge is 0.316 e. The fourth-order valence-corrected chi connectivity index (χ4v) is 4.17. The lowest BCUT2D eigenvalue weighted by Crippen LogP contribution is -2.35. The van der Waals surface area contributed by atoms with E-state index in [2.05, 4.69) is 19.2 Å². The third-order valence-corrected chi connectivity index (χ3v) is 6.03. The van der Waals surface area contributed by atoms with Crippen molar-refractivity contribution in [3.63, 3.8) is 0 Å². The molecule has 1 unspecified atom stereocenters. The van der Waals surface area contributed by atoms with Crippen molar-refractivity contribution in [1.29, 1.82) is 0 Å². The predicted molar refractivity (Wildman–Crippen MR) is 87.8 cm³/mol. The minimum Gasteiger partial charge on any atom is -0.316 e. The molecule has 0 aliphatic heterocycles. The fraction of sp³-hybridized carbons (Fsp3) is 0.625. The van der Waals surface area contributed by atoms with Crippen LogP contribution in [0.4, 0.5) is 0 Å². The first-order valence-corrected chi connectivity index (χ1v) is 9.05. The van der Waals surface area contributed by atoms with Crippen molar-refractivity contribution < 1.29 is 8.42 Å². The van der Waals surface area contributed by atoms with E-state index >= 15 is 0 Å². The molecule has 0 radical (unpaired) electrons. The molecule has 0 saturated heterocycles. The van der Waals surface area contributed by atoms with Gasteiger partial charge in [0.2, 0.25) is 10.0 Å². The Morgan fingerprint density at radius 3 is 2.48 bits per heavy atom. The molecule has 0 heterocycles. The highest BCUT2D eigenvalue weighted by Crippen LogP contribution is 2.23. The molecule has 1 N–H and O–H groups in total. The van der Waals surface area contributed by atoms with Crippen molar-refractivity contribution in [2.24, 2.45) is 5.92 Å². The van der Waals surface area contributed by atoms with Gasteiger partial charge in [0.15, 0.2) is 0 Å². The summed E-state index contributed by atoms with van der Waals surface area (Å²) < 4.78 is 27.4. The van der Waals surface area contributed by atoms with Crippen LogP contribution in [0.2, 0.25) is 0 Å². The second-order valence-corrected chi connectivity index (χ2v) is 7.45. The Balaban J connectivity index is 3.20. The summed E-state index contributed by atoms with van der Waals surface area (Å²) in [4.78, 5) is 0.431. The van der Waals surface area contributed by atoms with Crippen molar-refractivity contribution in [1.82, 2.24) is 9.62 Å². The maximum absolute atomic E-state index is 12.9. The number of nitrogens with zero attached hydrogens (tertiary/aromatic N) is 1. The van der Waals surface area contributed by atoms with Crippen LogP contribution >= 0.6 is 0 Å². The Kier molecular flexibility index (Phi) is 6.84. The third kappa shape index (κ3) is 4.28. The fourth-order valence-electron chi connectivity index (χ4n) is 2.33. The summed E-state index contributed by atoms with van der Waals surface area (Å²) in [7, 11) is -1.56. The number of rotatable bonds is 8. The molecular formula is C16H28N2O2S. The molecule has 0 fully saturated rings. The standard InChI is InChI=1S/C16H28N2O2S/c1-6-13(3)12-18(7-2)21(19,20)16-10-8-9-15(11-17-5)14(16)4/h8-10,13,17H,6-7,11-12H2,1-5H3. The van der Waals surface area contributed by atoms with Crippen molar-refractivity contribution in [2.45, 2.75) is 45.6 Å². The summed E-state index contributed by atoms with van der Waals surface area (Å²) >= 11 is 0. The quantitative estimate of drug-likeness (QED) is 0.803. The summed E-state index contributed by atoms with van der Waals surface area (Å²) in [5, 5.41) is 3.08. The van der Waals surface area contributed by atoms with E-state index < -0.39 is 10.0 Å². The van der Waals surface area contributed by atoms with Crippen LogP contribution in [0, 0.1) is 12.8 Å². The predicted octanol–water partition coefficient (Wildman–Crippen LogP) is 2.77. The normalized spacial score (nSPS) is 13.6. The molecule has 1 aromatic rings. The van der Waals surface area contributed by atoms with Crippen LogP contribution in [0.15, 0.2) is 23.1 Å². The van der Waals surface area contributed by atoms with E-state index in [1.165, 1.54) is 0 Å². The highest BCUT2D eigenvalue weighted by molar-refractivity contribution is 7.89. The molecule has 0 aromatic heterocycles. The summed E-state index contributed by atoms with van der Waals surface area (Å²) in [5.74, 6) is 0.362. The minimum absolute atomic E-state index is 0.362. The van der Waals surface area contributed by atoms with Gasteiger partial charge in [0.05, 0.1) is 4.90 Å². The Morgan fingerprint density at radius 1 is 1.29 bits per heavy atom. The maximum Gasteiger partial charge on any atom is 0.243 e. The van der Waals surface area contributed by atoms with Gasteiger partial charge in [-0.15, -0.1) is 0 Å². The highest BCUT2D eigenvalue weighted by atomic mass is 32.2. The molecule has 120 valence electrons. The van der Waals surface area contributed by atoms with Crippen LogP contribution in [-0.4, -0.2) is 32.9 Å². The molecule has 4 nitrogen and oxygen atoms in total. The monoisotopic (exact) mass is 312 g/mol. The Bertz CT molecular complexity index is 555. The van der Waals surface area contributed by atoms with Gasteiger partial charge >= 0.3 is 0 Å². The van der Waals surface area contributed by atoms with Gasteiger partial charge in [-0.1, -0.05) is 39.3 Å². The van der Waals surface area contributed by atoms with Crippen LogP contribution < -0.4 is 5.32 Å². The van der Waals surface area contributed by atoms with Crippen LogP contribution in [0.3, 0.4) is 0 Å². The molecule has 5 heteroatoms. The number of hydrogen-bond donors (Lipinski definition) is 1. The number of hydrogen-bond acceptors (Lipinski definition) is 3. The highest BCUT2D eigenvalue weighted by Gasteiger charge is 2.26. The van der Waals surface area contributed by atoms with Crippen molar-refractivity contribution in [3.8, 4) is 0 Å². The molecule has 0 saturated carbocycles. The van der Waals surface area contributed by atoms with Crippen molar-refractivity contribution in [3.05, 3.63) is 29.3 Å². The smallest absolute Gasteiger partial charge is 0.243 e. The zero-order valence-corrected chi connectivity index (χ0v) is 14.6. The molecular weight excluding hydrogens is 284 g/mol. The van der Waals surface area contributed by atoms with Gasteiger partial charge in [-0.3, -0.25) is 0 Å². The first-order chi connectivity index (χ1) is 9.88. The molecule has 0 amide bonds. The van der Waals surface area contributed by atoms with Gasteiger partial charge in [0.1, 0.15) is 0 Å². The van der Waals surface area contributed by atoms with Gasteiger partial charge in [0.25, 0.3) is 0 Å². The summed E-state index contributed by atoms with van der Waals surface area (Å²) in [6, 6.07) is 5.50. The van der Waals surface area contributed by atoms with E-state index in [0.717, 1.165) is 17.5 Å². The van der Waals surface area contributed by atoms with E-state index in [0.29, 0.717) is 30.4 Å². The SMILES string of the molecule is CCC(C)CN(CC)S(=O)(=O)c1cccc(CNC)c1C. The van der Waals surface area contributed by atoms with Crippen LogP contribution in [0.25, 0.3) is 0 Å². The lowest BCUT2D eigenvalue weighted by Gasteiger charge is -2.25. The van der Waals surface area contributed by atoms with Crippen LogP contribution in [0.5, 0.6) is 0 Å². The first kappa shape index (κ1) is 18.1. The van der Waals surface area contributed by atoms with Crippen molar-refractivity contribution in [2.75, 3.05) is 20.1 Å². The third-order valence-electron chi connectivity index (χ3n) is 3.95. The molecule has 21 heavy (non-hydrogen) atoms. The van der Waals surface area contributed by atoms with Gasteiger partial charge in [-0.25, -0.2) is 8.42 Å². The summed E-state index contributed by atoms with van der Waals surface area (Å²) in [5.41, 5.74) is 1.87. The topological polar surface area (TPSA) is 49.4 Å². The number of benzene rings is 1. The second-order valence-electron chi connectivity index (χ2n) is 5.54. The molecule has 0 spiro atoms. The van der Waals surface area contributed by atoms with E-state index in [9.17, 15) is 8.42 Å². The molecule has 1 atom stereocenters. The van der Waals surface area contributed by atoms with Gasteiger partial charge in [-0.05, 0) is 37.1 Å². The van der Waals surface area contributed by atoms with Gasteiger partial charge in [0, 0.05) is 19.6 Å². The maximum atomic E-state index is 12.9. The Morgan fingerprint density at radius 2 is 1.95 bits per heavy atom. The molecule has 0 bridgehead atoms. The lowest BCUT2D eigenvalue weighted by molar-refractivity contribution is 0.361. The number of sulfonamides is 1. The van der Waals surface area contributed by atoms with E-state index in [4.69, 9.17) is 0 Å². The minimum atomic E-state index is -3.42. The van der Waals surface area contributed by atoms with Crippen LogP contribution in [-0.2, 0) is 16.6 Å². The summed E-state index contributed by atoms with van der Waals surface area (Å²) in [6.07, 6.45) is 0.977. The van der Waals surface area contributed by atoms with Crippen LogP contribution in [0.1, 0.15) is 38.3 Å². The van der Waals surface area contributed by atoms with Crippen molar-refractivity contribution >= 4 is 10.0 Å². The zero-order valence-electron chi connectivity index (χ0n) is 13.8. The molecule has 0 aliphatic rings. The number of nitrogens with one attached hydrogen (secondary N) is 1. The zero-order chi connectivity index (χ0) is 16.0. The Labute approximate surface area is 129 Å². The average molecular weight is 312 g/mol. The molecule has 0 aliphatic carbocycles.